The number of carbonyl (C=O) groups is 1. The lowest BCUT2D eigenvalue weighted by atomic mass is 10.2. The van der Waals surface area contributed by atoms with Crippen molar-refractivity contribution in [3.63, 3.8) is 0 Å². The van der Waals surface area contributed by atoms with Gasteiger partial charge in [0.25, 0.3) is 5.43 Å². The van der Waals surface area contributed by atoms with Crippen LogP contribution in [0.25, 0.3) is 5.69 Å². The summed E-state index contributed by atoms with van der Waals surface area (Å²) in [5.74, 6) is -0.285. The molecule has 0 spiro atoms. The maximum Gasteiger partial charge on any atom is 0.252 e. The van der Waals surface area contributed by atoms with Gasteiger partial charge in [0.2, 0.25) is 0 Å². The smallest absolute Gasteiger partial charge is 0.252 e. The van der Waals surface area contributed by atoms with Crippen LogP contribution in [0.3, 0.4) is 0 Å². The van der Waals surface area contributed by atoms with Gasteiger partial charge in [-0.05, 0) is 24.6 Å². The van der Waals surface area contributed by atoms with Crippen molar-refractivity contribution in [3.8, 4) is 11.4 Å². The molecule has 2 rings (SSSR count). The molecular weight excluding hydrogens is 244 g/mol. The van der Waals surface area contributed by atoms with Gasteiger partial charge in [-0.2, -0.15) is 5.10 Å². The molecule has 0 fully saturated rings. The number of nitrogens with zero attached hydrogens (tertiary/aromatic N) is 2. The lowest BCUT2D eigenvalue weighted by Gasteiger charge is -2.09. The Hall–Kier alpha value is -2.43. The minimum Gasteiger partial charge on any atom is -0.491 e. The average molecular weight is 258 g/mol. The van der Waals surface area contributed by atoms with Crippen LogP contribution in [0.4, 0.5) is 0 Å². The normalized spacial score (nSPS) is 10.3. The van der Waals surface area contributed by atoms with Gasteiger partial charge >= 0.3 is 0 Å². The van der Waals surface area contributed by atoms with Gasteiger partial charge < -0.3 is 4.74 Å². The minimum atomic E-state index is -0.487. The van der Waals surface area contributed by atoms with Crippen molar-refractivity contribution in [1.29, 1.82) is 0 Å². The molecule has 0 saturated heterocycles. The first-order chi connectivity index (χ1) is 9.02. The summed E-state index contributed by atoms with van der Waals surface area (Å²) in [6.45, 7) is 3.26. The zero-order chi connectivity index (χ0) is 14.0. The molecule has 0 radical (unpaired) electrons. The molecule has 1 aromatic carbocycles. The number of benzene rings is 1. The molecule has 5 nitrogen and oxygen atoms in total. The van der Waals surface area contributed by atoms with Gasteiger partial charge in [-0.15, -0.1) is 0 Å². The summed E-state index contributed by atoms with van der Waals surface area (Å²) in [4.78, 5) is 23.3. The summed E-state index contributed by atoms with van der Waals surface area (Å²) in [6, 6.07) is 7.58. The van der Waals surface area contributed by atoms with E-state index in [0.29, 0.717) is 0 Å². The summed E-state index contributed by atoms with van der Waals surface area (Å²) in [7, 11) is 1.39. The monoisotopic (exact) mass is 258 g/mol. The highest BCUT2D eigenvalue weighted by Gasteiger charge is 2.14. The summed E-state index contributed by atoms with van der Waals surface area (Å²) in [5.41, 5.74) is 1.21. The van der Waals surface area contributed by atoms with Crippen LogP contribution in [0.15, 0.2) is 35.3 Å². The van der Waals surface area contributed by atoms with Gasteiger partial charge in [-0.3, -0.25) is 9.59 Å². The predicted molar refractivity (Wildman–Crippen MR) is 71.1 cm³/mol. The van der Waals surface area contributed by atoms with E-state index in [1.54, 1.807) is 0 Å². The molecule has 2 aromatic rings. The van der Waals surface area contributed by atoms with Gasteiger partial charge in [0.05, 0.1) is 19.0 Å². The summed E-state index contributed by atoms with van der Waals surface area (Å²) in [6.07, 6.45) is 1.48. The quantitative estimate of drug-likeness (QED) is 0.787. The van der Waals surface area contributed by atoms with E-state index in [1.165, 1.54) is 24.9 Å². The number of aromatic nitrogens is 2. The van der Waals surface area contributed by atoms with Gasteiger partial charge in [-0.1, -0.05) is 12.1 Å². The summed E-state index contributed by atoms with van der Waals surface area (Å²) < 4.78 is 6.48. The minimum absolute atomic E-state index is 0.0988. The van der Waals surface area contributed by atoms with E-state index >= 15 is 0 Å². The number of aryl methyl sites for hydroxylation is 1. The first-order valence-corrected chi connectivity index (χ1v) is 5.79. The van der Waals surface area contributed by atoms with Gasteiger partial charge in [0.1, 0.15) is 0 Å². The number of Topliss-reactive ketones (excluding diaryl/α,β-unsaturated/α-hetero) is 1. The van der Waals surface area contributed by atoms with Gasteiger partial charge in [-0.25, -0.2) is 4.68 Å². The molecule has 98 valence electrons. The van der Waals surface area contributed by atoms with Crippen LogP contribution in [0.5, 0.6) is 5.75 Å². The van der Waals surface area contributed by atoms with Crippen LogP contribution in [-0.2, 0) is 0 Å². The molecule has 0 unspecified atom stereocenters. The SMILES string of the molecule is COc1cn(-c2cccc(C)c2)nc(C(C)=O)c1=O. The molecule has 0 N–H and O–H groups in total. The van der Waals surface area contributed by atoms with Crippen molar-refractivity contribution >= 4 is 5.78 Å². The standard InChI is InChI=1S/C14H14N2O3/c1-9-5-4-6-11(7-9)16-8-12(19-3)14(18)13(15-16)10(2)17/h4-8H,1-3H3. The Bertz CT molecular complexity index is 689. The number of ketones is 1. The highest BCUT2D eigenvalue weighted by Crippen LogP contribution is 2.12. The van der Waals surface area contributed by atoms with Crippen LogP contribution in [0.1, 0.15) is 23.0 Å². The van der Waals surface area contributed by atoms with E-state index < -0.39 is 5.43 Å². The number of rotatable bonds is 3. The highest BCUT2D eigenvalue weighted by molar-refractivity contribution is 5.92. The van der Waals surface area contributed by atoms with Crippen molar-refractivity contribution in [3.05, 3.63) is 51.9 Å². The number of ether oxygens (including phenoxy) is 1. The van der Waals surface area contributed by atoms with Crippen LogP contribution in [0.2, 0.25) is 0 Å². The Kier molecular flexibility index (Phi) is 3.46. The number of methoxy groups -OCH3 is 1. The van der Waals surface area contributed by atoms with Crippen LogP contribution >= 0.6 is 0 Å². The Morgan fingerprint density at radius 3 is 2.68 bits per heavy atom. The Morgan fingerprint density at radius 1 is 1.37 bits per heavy atom. The van der Waals surface area contributed by atoms with E-state index in [9.17, 15) is 9.59 Å². The van der Waals surface area contributed by atoms with E-state index in [0.717, 1.165) is 11.3 Å². The number of hydrogen-bond acceptors (Lipinski definition) is 4. The molecule has 0 saturated carbocycles. The fourth-order valence-electron chi connectivity index (χ4n) is 1.75. The fourth-order valence-corrected chi connectivity index (χ4v) is 1.75. The topological polar surface area (TPSA) is 61.2 Å². The molecule has 0 atom stereocenters. The van der Waals surface area contributed by atoms with Crippen LogP contribution < -0.4 is 10.2 Å². The summed E-state index contributed by atoms with van der Waals surface area (Å²) >= 11 is 0. The van der Waals surface area contributed by atoms with Crippen LogP contribution in [-0.4, -0.2) is 22.7 Å². The molecular formula is C14H14N2O3. The third kappa shape index (κ3) is 2.54. The van der Waals surface area contributed by atoms with E-state index in [4.69, 9.17) is 4.74 Å². The number of hydrogen-bond donors (Lipinski definition) is 0. The molecule has 0 bridgehead atoms. The van der Waals surface area contributed by atoms with Crippen molar-refractivity contribution in [2.45, 2.75) is 13.8 Å². The van der Waals surface area contributed by atoms with Crippen molar-refractivity contribution in [2.75, 3.05) is 7.11 Å². The molecule has 0 aliphatic heterocycles. The maximum atomic E-state index is 11.9. The lowest BCUT2D eigenvalue weighted by molar-refractivity contribution is 0.100. The van der Waals surface area contributed by atoms with Crippen molar-refractivity contribution in [2.24, 2.45) is 0 Å². The van der Waals surface area contributed by atoms with E-state index in [2.05, 4.69) is 5.10 Å². The summed E-state index contributed by atoms with van der Waals surface area (Å²) in [5, 5.41) is 4.07. The molecule has 19 heavy (non-hydrogen) atoms. The second kappa shape index (κ2) is 5.06. The van der Waals surface area contributed by atoms with Crippen molar-refractivity contribution in [1.82, 2.24) is 9.78 Å². The second-order valence-electron chi connectivity index (χ2n) is 4.21. The first kappa shape index (κ1) is 13.0. The Morgan fingerprint density at radius 2 is 2.11 bits per heavy atom. The molecule has 1 aromatic heterocycles. The third-order valence-corrected chi connectivity index (χ3v) is 2.71. The zero-order valence-corrected chi connectivity index (χ0v) is 11.0. The van der Waals surface area contributed by atoms with Crippen molar-refractivity contribution < 1.29 is 9.53 Å². The second-order valence-corrected chi connectivity index (χ2v) is 4.21. The Balaban J connectivity index is 2.68. The fraction of sp³-hybridized carbons (Fsp3) is 0.214. The number of carbonyl (C=O) groups excluding carboxylic acids is 1. The molecule has 0 aliphatic carbocycles. The van der Waals surface area contributed by atoms with Gasteiger partial charge in [0, 0.05) is 6.92 Å². The lowest BCUT2D eigenvalue weighted by Crippen LogP contribution is -2.21. The predicted octanol–water partition coefficient (Wildman–Crippen LogP) is 1.75. The average Bonchev–Trinajstić information content (AvgIpc) is 2.38. The largest absolute Gasteiger partial charge is 0.491 e. The maximum absolute atomic E-state index is 11.9. The molecule has 0 aliphatic rings. The third-order valence-electron chi connectivity index (χ3n) is 2.71. The van der Waals surface area contributed by atoms with Crippen LogP contribution in [0, 0.1) is 6.92 Å². The highest BCUT2D eigenvalue weighted by atomic mass is 16.5. The Labute approximate surface area is 110 Å². The first-order valence-electron chi connectivity index (χ1n) is 5.79. The molecule has 1 heterocycles. The van der Waals surface area contributed by atoms with E-state index in [-0.39, 0.29) is 17.2 Å². The molecule has 0 amide bonds. The zero-order valence-electron chi connectivity index (χ0n) is 11.0. The van der Waals surface area contributed by atoms with Gasteiger partial charge in [0.15, 0.2) is 17.2 Å². The molecule has 5 heteroatoms. The van der Waals surface area contributed by atoms with E-state index in [1.807, 2.05) is 31.2 Å².